The molecule has 170 valence electrons. The molecule has 2 N–H and O–H groups in total. The van der Waals surface area contributed by atoms with E-state index in [9.17, 15) is 24.2 Å². The van der Waals surface area contributed by atoms with Crippen LogP contribution in [-0.2, 0) is 34.7 Å². The van der Waals surface area contributed by atoms with Crippen molar-refractivity contribution < 1.29 is 24.1 Å². The number of aromatic nitrogens is 2. The maximum absolute atomic E-state index is 14.7. The van der Waals surface area contributed by atoms with Crippen molar-refractivity contribution in [2.75, 3.05) is 6.61 Å². The monoisotopic (exact) mass is 450 g/mol. The molecule has 1 aromatic carbocycles. The summed E-state index contributed by atoms with van der Waals surface area (Å²) in [5.74, 6) is -1.25. The van der Waals surface area contributed by atoms with Crippen LogP contribution in [0, 0.1) is 12.7 Å². The molecule has 8 heteroatoms. The van der Waals surface area contributed by atoms with Gasteiger partial charge in [-0.25, -0.2) is 14.2 Å². The Labute approximate surface area is 188 Å². The van der Waals surface area contributed by atoms with E-state index in [1.807, 2.05) is 0 Å². The highest BCUT2D eigenvalue weighted by atomic mass is 19.1. The Morgan fingerprint density at radius 3 is 2.79 bits per heavy atom. The number of fused-ring (bicyclic) bond motifs is 5. The molecule has 33 heavy (non-hydrogen) atoms. The number of ether oxygens (including phenoxy) is 1. The summed E-state index contributed by atoms with van der Waals surface area (Å²) in [6.07, 6.45) is 1.40. The number of benzene rings is 1. The summed E-state index contributed by atoms with van der Waals surface area (Å²) >= 11 is 0. The predicted octanol–water partition coefficient (Wildman–Crippen LogP) is 2.55. The fourth-order valence-corrected chi connectivity index (χ4v) is 5.83. The molecule has 7 nitrogen and oxygen atoms in total. The number of aryl methyl sites for hydroxylation is 1. The fraction of sp³-hybridized carbons (Fsp3) is 0.400. The van der Waals surface area contributed by atoms with Crippen molar-refractivity contribution >= 4 is 16.9 Å². The van der Waals surface area contributed by atoms with E-state index >= 15 is 0 Å². The van der Waals surface area contributed by atoms with Crippen molar-refractivity contribution in [2.45, 2.75) is 57.8 Å². The lowest BCUT2D eigenvalue weighted by Gasteiger charge is -2.31. The Bertz CT molecular complexity index is 1460. The van der Waals surface area contributed by atoms with Gasteiger partial charge in [0.2, 0.25) is 0 Å². The van der Waals surface area contributed by atoms with Crippen LogP contribution in [0.1, 0.15) is 59.1 Å². The van der Waals surface area contributed by atoms with Crippen LogP contribution >= 0.6 is 0 Å². The SMILES string of the molecule is CC[C@@]1(O)C(=O)OCc2c1cc1n(c2=O)Cc2c-1nc1cc(F)c(C)c3c1c2C(CO)CC3. The van der Waals surface area contributed by atoms with Crippen LogP contribution < -0.4 is 5.56 Å². The van der Waals surface area contributed by atoms with Crippen LogP contribution in [0.3, 0.4) is 0 Å². The smallest absolute Gasteiger partial charge is 0.343 e. The quantitative estimate of drug-likeness (QED) is 0.455. The molecule has 1 aliphatic carbocycles. The normalized spacial score (nSPS) is 22.7. The van der Waals surface area contributed by atoms with Gasteiger partial charge >= 0.3 is 5.97 Å². The predicted molar refractivity (Wildman–Crippen MR) is 117 cm³/mol. The molecule has 2 atom stereocenters. The van der Waals surface area contributed by atoms with E-state index in [2.05, 4.69) is 0 Å². The first-order valence-electron chi connectivity index (χ1n) is 11.2. The van der Waals surface area contributed by atoms with Crippen LogP contribution in [0.4, 0.5) is 4.39 Å². The molecule has 0 saturated carbocycles. The largest absolute Gasteiger partial charge is 0.458 e. The average Bonchev–Trinajstić information content (AvgIpc) is 3.18. The summed E-state index contributed by atoms with van der Waals surface area (Å²) in [4.78, 5) is 30.6. The zero-order valence-corrected chi connectivity index (χ0v) is 18.4. The van der Waals surface area contributed by atoms with Crippen LogP contribution in [0.2, 0.25) is 0 Å². The van der Waals surface area contributed by atoms with Crippen molar-refractivity contribution in [3.8, 4) is 11.4 Å². The molecular formula is C25H23FN2O5. The van der Waals surface area contributed by atoms with Gasteiger partial charge in [-0.1, -0.05) is 6.92 Å². The van der Waals surface area contributed by atoms with E-state index in [1.165, 1.54) is 6.07 Å². The third kappa shape index (κ3) is 2.48. The Morgan fingerprint density at radius 1 is 1.27 bits per heavy atom. The van der Waals surface area contributed by atoms with Gasteiger partial charge in [0, 0.05) is 35.1 Å². The minimum absolute atomic E-state index is 0.0545. The summed E-state index contributed by atoms with van der Waals surface area (Å²) in [5.41, 5.74) is 3.02. The summed E-state index contributed by atoms with van der Waals surface area (Å²) in [5, 5.41) is 22.1. The lowest BCUT2D eigenvalue weighted by molar-refractivity contribution is -0.172. The van der Waals surface area contributed by atoms with Crippen LogP contribution in [0.25, 0.3) is 22.3 Å². The number of carbonyl (C=O) groups excluding carboxylic acids is 1. The Morgan fingerprint density at radius 2 is 2.06 bits per heavy atom. The van der Waals surface area contributed by atoms with E-state index < -0.39 is 11.6 Å². The van der Waals surface area contributed by atoms with E-state index in [0.29, 0.717) is 35.3 Å². The summed E-state index contributed by atoms with van der Waals surface area (Å²) in [7, 11) is 0. The first kappa shape index (κ1) is 20.5. The van der Waals surface area contributed by atoms with Crippen LogP contribution in [-0.4, -0.2) is 32.3 Å². The molecule has 0 spiro atoms. The van der Waals surface area contributed by atoms with Gasteiger partial charge in [0.25, 0.3) is 5.56 Å². The van der Waals surface area contributed by atoms with Crippen molar-refractivity contribution in [3.05, 3.63) is 61.7 Å². The molecule has 6 rings (SSSR count). The van der Waals surface area contributed by atoms with Gasteiger partial charge in [0.1, 0.15) is 12.4 Å². The number of rotatable bonds is 2. The number of esters is 1. The number of halogens is 1. The molecular weight excluding hydrogens is 427 g/mol. The lowest BCUT2D eigenvalue weighted by atomic mass is 9.78. The van der Waals surface area contributed by atoms with Crippen molar-refractivity contribution in [1.82, 2.24) is 9.55 Å². The first-order chi connectivity index (χ1) is 15.8. The number of hydrogen-bond donors (Lipinski definition) is 2. The maximum Gasteiger partial charge on any atom is 0.343 e. The van der Waals surface area contributed by atoms with Gasteiger partial charge < -0.3 is 19.5 Å². The summed E-state index contributed by atoms with van der Waals surface area (Å²) in [6, 6.07) is 3.07. The average molecular weight is 450 g/mol. The van der Waals surface area contributed by atoms with Crippen molar-refractivity contribution in [3.63, 3.8) is 0 Å². The molecule has 4 heterocycles. The second kappa shape index (κ2) is 6.71. The molecule has 3 aromatic rings. The van der Waals surface area contributed by atoms with E-state index in [-0.39, 0.29) is 54.6 Å². The van der Waals surface area contributed by atoms with E-state index in [0.717, 1.165) is 22.1 Å². The molecule has 0 radical (unpaired) electrons. The van der Waals surface area contributed by atoms with E-state index in [1.54, 1.807) is 24.5 Å². The molecule has 1 unspecified atom stereocenters. The number of cyclic esters (lactones) is 1. The number of nitrogens with zero attached hydrogens (tertiary/aromatic N) is 2. The Kier molecular flexibility index (Phi) is 4.17. The van der Waals surface area contributed by atoms with Crippen LogP contribution in [0.15, 0.2) is 16.9 Å². The number of aliphatic hydroxyl groups is 2. The molecule has 2 aliphatic heterocycles. The highest BCUT2D eigenvalue weighted by Gasteiger charge is 2.45. The van der Waals surface area contributed by atoms with Gasteiger partial charge in [-0.05, 0) is 48.9 Å². The standard InChI is InChI=1S/C25H23FN2O5/c1-3-25(32)16-6-19-22-14(8-28(19)23(30)15(16)10-33-24(25)31)20-12(9-29)4-5-13-11(2)17(26)7-18(27-22)21(13)20/h6-7,12,29,32H,3-5,8-10H2,1-2H3/t12?,25-/m0/s1. The molecule has 0 amide bonds. The maximum atomic E-state index is 14.7. The second-order valence-corrected chi connectivity index (χ2v) is 9.23. The first-order valence-corrected chi connectivity index (χ1v) is 11.2. The van der Waals surface area contributed by atoms with Crippen molar-refractivity contribution in [1.29, 1.82) is 0 Å². The van der Waals surface area contributed by atoms with Gasteiger partial charge in [-0.3, -0.25) is 4.79 Å². The Hall–Kier alpha value is -3.10. The lowest BCUT2D eigenvalue weighted by Crippen LogP contribution is -2.44. The molecule has 2 aromatic heterocycles. The zero-order valence-electron chi connectivity index (χ0n) is 18.4. The molecule has 0 saturated heterocycles. The minimum Gasteiger partial charge on any atom is -0.458 e. The summed E-state index contributed by atoms with van der Waals surface area (Å²) in [6.45, 7) is 3.43. The third-order valence-corrected chi connectivity index (χ3v) is 7.72. The van der Waals surface area contributed by atoms with Gasteiger partial charge in [-0.2, -0.15) is 0 Å². The third-order valence-electron chi connectivity index (χ3n) is 7.72. The molecule has 0 fully saturated rings. The number of aliphatic hydroxyl groups excluding tert-OH is 1. The Balaban J connectivity index is 1.70. The highest BCUT2D eigenvalue weighted by Crippen LogP contribution is 2.46. The van der Waals surface area contributed by atoms with Gasteiger partial charge in [0.05, 0.1) is 29.0 Å². The topological polar surface area (TPSA) is 102 Å². The number of carbonyl (C=O) groups is 1. The molecule has 0 bridgehead atoms. The van der Waals surface area contributed by atoms with E-state index in [4.69, 9.17) is 9.72 Å². The molecule has 3 aliphatic rings. The fourth-order valence-electron chi connectivity index (χ4n) is 5.83. The van der Waals surface area contributed by atoms with Crippen molar-refractivity contribution in [2.24, 2.45) is 0 Å². The summed E-state index contributed by atoms with van der Waals surface area (Å²) < 4.78 is 21.4. The minimum atomic E-state index is -1.90. The number of pyridine rings is 2. The van der Waals surface area contributed by atoms with Crippen LogP contribution in [0.5, 0.6) is 0 Å². The number of hydrogen-bond acceptors (Lipinski definition) is 6. The highest BCUT2D eigenvalue weighted by molar-refractivity contribution is 5.93. The van der Waals surface area contributed by atoms with Gasteiger partial charge in [-0.15, -0.1) is 0 Å². The zero-order chi connectivity index (χ0) is 23.2. The second-order valence-electron chi connectivity index (χ2n) is 9.23. The van der Waals surface area contributed by atoms with Gasteiger partial charge in [0.15, 0.2) is 5.60 Å².